The molecular formula is C23H42Cl2N4O3. The van der Waals surface area contributed by atoms with Gasteiger partial charge in [-0.05, 0) is 57.5 Å². The number of halogens is 2. The predicted octanol–water partition coefficient (Wildman–Crippen LogP) is 2.71. The first-order valence-corrected chi connectivity index (χ1v) is 12.3. The van der Waals surface area contributed by atoms with Crippen molar-refractivity contribution >= 4 is 37.2 Å². The van der Waals surface area contributed by atoms with Gasteiger partial charge in [0.15, 0.2) is 5.72 Å². The van der Waals surface area contributed by atoms with Gasteiger partial charge in [0.2, 0.25) is 6.41 Å². The molecule has 0 radical (unpaired) electrons. The monoisotopic (exact) mass is 492 g/mol. The van der Waals surface area contributed by atoms with E-state index in [1.54, 1.807) is 0 Å². The number of carbonyl (C=O) groups excluding carboxylic acids is 2. The molecule has 4 rings (SSSR count). The normalized spacial score (nSPS) is 26.4. The topological polar surface area (TPSA) is 73.9 Å². The molecule has 9 heteroatoms. The van der Waals surface area contributed by atoms with E-state index in [0.29, 0.717) is 18.4 Å². The van der Waals surface area contributed by atoms with Crippen molar-refractivity contribution in [3.63, 3.8) is 0 Å². The fraction of sp³-hybridized carbons (Fsp3) is 0.913. The minimum Gasteiger partial charge on any atom is -0.438 e. The van der Waals surface area contributed by atoms with E-state index in [2.05, 4.69) is 20.4 Å². The van der Waals surface area contributed by atoms with E-state index < -0.39 is 5.72 Å². The highest BCUT2D eigenvalue weighted by Gasteiger charge is 2.43. The molecule has 0 aromatic rings. The highest BCUT2D eigenvalue weighted by Crippen LogP contribution is 2.35. The Balaban J connectivity index is 0.00000181. The maximum Gasteiger partial charge on any atom is 0.325 e. The number of hydrogen-bond acceptors (Lipinski definition) is 6. The Labute approximate surface area is 205 Å². The summed E-state index contributed by atoms with van der Waals surface area (Å²) in [6.45, 7) is 6.20. The molecule has 4 aliphatic rings. The number of hydrogen-bond donors (Lipinski definition) is 2. The molecular weight excluding hydrogens is 451 g/mol. The lowest BCUT2D eigenvalue weighted by molar-refractivity contribution is -0.177. The quantitative estimate of drug-likeness (QED) is 0.323. The van der Waals surface area contributed by atoms with Gasteiger partial charge >= 0.3 is 5.97 Å². The summed E-state index contributed by atoms with van der Waals surface area (Å²) in [5, 5.41) is 6.33. The summed E-state index contributed by atoms with van der Waals surface area (Å²) in [6, 6.07) is 0.530. The van der Waals surface area contributed by atoms with Crippen molar-refractivity contribution in [3.05, 3.63) is 0 Å². The van der Waals surface area contributed by atoms with Crippen molar-refractivity contribution < 1.29 is 14.3 Å². The van der Waals surface area contributed by atoms with Crippen LogP contribution in [0.2, 0.25) is 0 Å². The maximum absolute atomic E-state index is 13.5. The van der Waals surface area contributed by atoms with Gasteiger partial charge in [0, 0.05) is 45.1 Å². The van der Waals surface area contributed by atoms with Crippen LogP contribution in [0.15, 0.2) is 0 Å². The van der Waals surface area contributed by atoms with E-state index >= 15 is 0 Å². The number of esters is 1. The zero-order valence-electron chi connectivity index (χ0n) is 19.3. The highest BCUT2D eigenvalue weighted by molar-refractivity contribution is 5.85. The lowest BCUT2D eigenvalue weighted by Gasteiger charge is -2.45. The molecule has 186 valence electrons. The molecule has 32 heavy (non-hydrogen) atoms. The molecule has 7 nitrogen and oxygen atoms in total. The van der Waals surface area contributed by atoms with Gasteiger partial charge in [0.1, 0.15) is 6.04 Å². The summed E-state index contributed by atoms with van der Waals surface area (Å²) < 4.78 is 6.15. The number of ether oxygens (including phenoxy) is 1. The van der Waals surface area contributed by atoms with Crippen LogP contribution in [0.1, 0.15) is 70.6 Å². The lowest BCUT2D eigenvalue weighted by atomic mass is 9.91. The van der Waals surface area contributed by atoms with Gasteiger partial charge in [-0.1, -0.05) is 19.3 Å². The smallest absolute Gasteiger partial charge is 0.325 e. The Hall–Kier alpha value is -0.600. The molecule has 2 aliphatic heterocycles. The average molecular weight is 494 g/mol. The zero-order valence-corrected chi connectivity index (χ0v) is 20.9. The summed E-state index contributed by atoms with van der Waals surface area (Å²) >= 11 is 0. The molecule has 1 atom stereocenters. The number of piperidine rings is 1. The first-order chi connectivity index (χ1) is 14.7. The van der Waals surface area contributed by atoms with Crippen LogP contribution in [0.3, 0.4) is 0 Å². The Bertz CT molecular complexity index is 572. The zero-order chi connectivity index (χ0) is 20.8. The fourth-order valence-electron chi connectivity index (χ4n) is 6.22. The third kappa shape index (κ3) is 6.72. The van der Waals surface area contributed by atoms with Crippen molar-refractivity contribution in [3.8, 4) is 0 Å². The van der Waals surface area contributed by atoms with E-state index in [-0.39, 0.29) is 36.8 Å². The van der Waals surface area contributed by atoms with Gasteiger partial charge < -0.3 is 15.4 Å². The van der Waals surface area contributed by atoms with Crippen LogP contribution in [0.5, 0.6) is 0 Å². The Morgan fingerprint density at radius 3 is 2.16 bits per heavy atom. The van der Waals surface area contributed by atoms with Gasteiger partial charge in [0.05, 0.1) is 0 Å². The summed E-state index contributed by atoms with van der Waals surface area (Å²) in [6.07, 6.45) is 12.4. The van der Waals surface area contributed by atoms with Crippen molar-refractivity contribution in [1.82, 2.24) is 20.4 Å². The number of piperazine rings is 1. The van der Waals surface area contributed by atoms with Crippen LogP contribution in [0.25, 0.3) is 0 Å². The average Bonchev–Trinajstić information content (AvgIpc) is 3.30. The van der Waals surface area contributed by atoms with Crippen molar-refractivity contribution in [1.29, 1.82) is 0 Å². The number of amides is 1. The SMILES string of the molecule is Cl.Cl.O=CNC1(OC(=O)C(C2CCCC2)N2CCN(C3CCNCC3)CC2)CCCCC1. The number of nitrogens with one attached hydrogen (secondary N) is 2. The van der Waals surface area contributed by atoms with E-state index in [0.717, 1.165) is 84.2 Å². The van der Waals surface area contributed by atoms with E-state index in [9.17, 15) is 9.59 Å². The first-order valence-electron chi connectivity index (χ1n) is 12.3. The highest BCUT2D eigenvalue weighted by atomic mass is 35.5. The molecule has 4 fully saturated rings. The van der Waals surface area contributed by atoms with Gasteiger partial charge in [-0.25, -0.2) is 0 Å². The molecule has 1 amide bonds. The second-order valence-electron chi connectivity index (χ2n) is 9.78. The van der Waals surface area contributed by atoms with Crippen LogP contribution < -0.4 is 10.6 Å². The van der Waals surface area contributed by atoms with Crippen LogP contribution in [-0.2, 0) is 14.3 Å². The van der Waals surface area contributed by atoms with Gasteiger partial charge in [-0.3, -0.25) is 19.4 Å². The second kappa shape index (κ2) is 13.3. The number of carbonyl (C=O) groups is 2. The standard InChI is InChI=1S/C23H40N4O3.2ClH/c28-18-25-23(10-4-1-5-11-23)30-22(29)21(19-6-2-3-7-19)27-16-14-26(15-17-27)20-8-12-24-13-9-20;;/h18-21,24H,1-17H2,(H,25,28);2*1H. The Morgan fingerprint density at radius 1 is 0.938 bits per heavy atom. The predicted molar refractivity (Wildman–Crippen MR) is 130 cm³/mol. The van der Waals surface area contributed by atoms with E-state index in [4.69, 9.17) is 4.74 Å². The molecule has 0 bridgehead atoms. The van der Waals surface area contributed by atoms with Gasteiger partial charge in [-0.2, -0.15) is 0 Å². The largest absolute Gasteiger partial charge is 0.438 e. The summed E-state index contributed by atoms with van der Waals surface area (Å²) in [7, 11) is 0. The van der Waals surface area contributed by atoms with E-state index in [1.165, 1.54) is 25.7 Å². The van der Waals surface area contributed by atoms with Crippen LogP contribution in [0, 0.1) is 5.92 Å². The van der Waals surface area contributed by atoms with Crippen LogP contribution in [-0.4, -0.2) is 79.3 Å². The van der Waals surface area contributed by atoms with E-state index in [1.807, 2.05) is 0 Å². The Kier molecular flexibility index (Phi) is 11.5. The molecule has 2 saturated heterocycles. The van der Waals surface area contributed by atoms with Gasteiger partial charge in [-0.15, -0.1) is 24.8 Å². The minimum atomic E-state index is -0.787. The number of nitrogens with zero attached hydrogens (tertiary/aromatic N) is 2. The van der Waals surface area contributed by atoms with Crippen LogP contribution >= 0.6 is 24.8 Å². The molecule has 2 aliphatic carbocycles. The van der Waals surface area contributed by atoms with Gasteiger partial charge in [0.25, 0.3) is 0 Å². The van der Waals surface area contributed by atoms with Crippen molar-refractivity contribution in [2.45, 2.75) is 88.4 Å². The van der Waals surface area contributed by atoms with Crippen molar-refractivity contribution in [2.75, 3.05) is 39.3 Å². The molecule has 2 heterocycles. The molecule has 2 N–H and O–H groups in total. The first kappa shape index (κ1) is 27.6. The fourth-order valence-corrected chi connectivity index (χ4v) is 6.22. The third-order valence-corrected chi connectivity index (χ3v) is 7.93. The minimum absolute atomic E-state index is 0. The molecule has 0 aromatic carbocycles. The molecule has 1 unspecified atom stereocenters. The second-order valence-corrected chi connectivity index (χ2v) is 9.78. The molecule has 2 saturated carbocycles. The summed E-state index contributed by atoms with van der Waals surface area (Å²) in [5.74, 6) is 0.285. The molecule has 0 aromatic heterocycles. The maximum atomic E-state index is 13.5. The third-order valence-electron chi connectivity index (χ3n) is 7.93. The number of rotatable bonds is 7. The van der Waals surface area contributed by atoms with Crippen molar-refractivity contribution in [2.24, 2.45) is 5.92 Å². The summed E-state index contributed by atoms with van der Waals surface area (Å²) in [5.41, 5.74) is -0.787. The summed E-state index contributed by atoms with van der Waals surface area (Å²) in [4.78, 5) is 29.8. The van der Waals surface area contributed by atoms with Crippen LogP contribution in [0.4, 0.5) is 0 Å². The lowest BCUT2D eigenvalue weighted by Crippen LogP contribution is -2.59. The Morgan fingerprint density at radius 2 is 1.56 bits per heavy atom. The molecule has 0 spiro atoms.